The summed E-state index contributed by atoms with van der Waals surface area (Å²) in [5.41, 5.74) is 6.20. The number of carbonyl (C=O) groups is 2. The molecule has 3 N–H and O–H groups in total. The fourth-order valence-corrected chi connectivity index (χ4v) is 4.52. The summed E-state index contributed by atoms with van der Waals surface area (Å²) >= 11 is 0. The summed E-state index contributed by atoms with van der Waals surface area (Å²) in [6.07, 6.45) is 1.72. The fraction of sp³-hybridized carbons (Fsp3) is 0.200. The lowest BCUT2D eigenvalue weighted by Crippen LogP contribution is -2.29. The highest BCUT2D eigenvalue weighted by Gasteiger charge is 2.35. The summed E-state index contributed by atoms with van der Waals surface area (Å²) in [6.45, 7) is 0. The van der Waals surface area contributed by atoms with Crippen molar-refractivity contribution in [2.75, 3.05) is 12.4 Å². The van der Waals surface area contributed by atoms with Gasteiger partial charge in [-0.1, -0.05) is 12.1 Å². The summed E-state index contributed by atoms with van der Waals surface area (Å²) in [6, 6.07) is 12.5. The molecule has 0 saturated heterocycles. The molecule has 1 aliphatic rings. The molecule has 1 fully saturated rings. The van der Waals surface area contributed by atoms with Gasteiger partial charge in [0.25, 0.3) is 11.8 Å². The summed E-state index contributed by atoms with van der Waals surface area (Å²) in [7, 11) is -2.03. The number of sulfonamides is 1. The first-order valence-corrected chi connectivity index (χ1v) is 10.4. The van der Waals surface area contributed by atoms with Crippen LogP contribution in [0, 0.1) is 0 Å². The minimum absolute atomic E-state index is 0.0459. The van der Waals surface area contributed by atoms with E-state index in [0.717, 1.165) is 12.8 Å². The number of fused-ring (bicyclic) bond motifs is 1. The lowest BCUT2D eigenvalue weighted by Gasteiger charge is -2.16. The Morgan fingerprint density at radius 1 is 1.10 bits per heavy atom. The number of hydrogen-bond donors (Lipinski definition) is 2. The van der Waals surface area contributed by atoms with Crippen molar-refractivity contribution in [1.82, 2.24) is 4.31 Å². The van der Waals surface area contributed by atoms with Crippen LogP contribution in [0.5, 0.6) is 0 Å². The third-order valence-electron chi connectivity index (χ3n) is 4.91. The van der Waals surface area contributed by atoms with Crippen LogP contribution in [0.15, 0.2) is 57.8 Å². The molecule has 0 bridgehead atoms. The monoisotopic (exact) mass is 413 g/mol. The number of carbonyl (C=O) groups excluding carboxylic acids is 2. The first kappa shape index (κ1) is 19.2. The van der Waals surface area contributed by atoms with Gasteiger partial charge in [-0.25, -0.2) is 8.42 Å². The van der Waals surface area contributed by atoms with Crippen molar-refractivity contribution in [2.24, 2.45) is 5.73 Å². The van der Waals surface area contributed by atoms with E-state index in [1.807, 2.05) is 0 Å². The van der Waals surface area contributed by atoms with Gasteiger partial charge < -0.3 is 15.5 Å². The molecular formula is C20H19N3O5S. The molecule has 4 rings (SSSR count). The Balaban J connectivity index is 1.61. The second-order valence-electron chi connectivity index (χ2n) is 6.90. The molecular weight excluding hydrogens is 394 g/mol. The van der Waals surface area contributed by atoms with Crippen molar-refractivity contribution in [3.63, 3.8) is 0 Å². The van der Waals surface area contributed by atoms with E-state index in [2.05, 4.69) is 5.32 Å². The van der Waals surface area contributed by atoms with Gasteiger partial charge in [0.05, 0.1) is 4.90 Å². The maximum Gasteiger partial charge on any atom is 0.286 e. The third-order valence-corrected chi connectivity index (χ3v) is 6.84. The van der Waals surface area contributed by atoms with Gasteiger partial charge in [-0.05, 0) is 49.2 Å². The number of rotatable bonds is 6. The number of amides is 2. The molecule has 1 aromatic heterocycles. The molecule has 9 heteroatoms. The molecule has 2 amide bonds. The molecule has 1 aliphatic carbocycles. The first-order chi connectivity index (χ1) is 13.8. The second kappa shape index (κ2) is 7.02. The van der Waals surface area contributed by atoms with Gasteiger partial charge in [-0.15, -0.1) is 0 Å². The van der Waals surface area contributed by atoms with Gasteiger partial charge in [0.1, 0.15) is 11.3 Å². The summed E-state index contributed by atoms with van der Waals surface area (Å²) < 4.78 is 32.0. The van der Waals surface area contributed by atoms with Gasteiger partial charge in [-0.2, -0.15) is 4.31 Å². The van der Waals surface area contributed by atoms with Crippen LogP contribution in [0.25, 0.3) is 11.0 Å². The minimum Gasteiger partial charge on any atom is -0.449 e. The van der Waals surface area contributed by atoms with E-state index in [4.69, 9.17) is 10.2 Å². The fourth-order valence-electron chi connectivity index (χ4n) is 3.11. The lowest BCUT2D eigenvalue weighted by molar-refractivity contribution is 0.0977. The van der Waals surface area contributed by atoms with Crippen molar-refractivity contribution in [3.8, 4) is 0 Å². The standard InChI is InChI=1S/C20H19N3O5S/c1-23(13-8-9-13)29(26,27)14-10-6-12(7-11-14)20(25)22-17-15-4-2-3-5-16(15)28-18(17)19(21)24/h2-7,10-11,13H,8-9H2,1H3,(H2,21,24)(H,22,25). The predicted molar refractivity (Wildman–Crippen MR) is 107 cm³/mol. The van der Waals surface area contributed by atoms with E-state index in [0.29, 0.717) is 11.0 Å². The van der Waals surface area contributed by atoms with Gasteiger partial charge in [-0.3, -0.25) is 9.59 Å². The second-order valence-corrected chi connectivity index (χ2v) is 8.90. The SMILES string of the molecule is CN(C1CC1)S(=O)(=O)c1ccc(C(=O)Nc2c(C(N)=O)oc3ccccc23)cc1. The summed E-state index contributed by atoms with van der Waals surface area (Å²) in [5, 5.41) is 3.19. The molecule has 0 atom stereocenters. The van der Waals surface area contributed by atoms with Gasteiger partial charge in [0.15, 0.2) is 0 Å². The Morgan fingerprint density at radius 3 is 2.38 bits per heavy atom. The zero-order valence-electron chi connectivity index (χ0n) is 15.6. The maximum absolute atomic E-state index is 12.7. The minimum atomic E-state index is -3.59. The molecule has 2 aromatic carbocycles. The quantitative estimate of drug-likeness (QED) is 0.643. The highest BCUT2D eigenvalue weighted by Crippen LogP contribution is 2.32. The van der Waals surface area contributed by atoms with Crippen molar-refractivity contribution >= 4 is 38.5 Å². The number of furan rings is 1. The highest BCUT2D eigenvalue weighted by atomic mass is 32.2. The predicted octanol–water partition coefficient (Wildman–Crippen LogP) is 2.57. The van der Waals surface area contributed by atoms with Crippen LogP contribution in [0.3, 0.4) is 0 Å². The summed E-state index contributed by atoms with van der Waals surface area (Å²) in [5.74, 6) is -1.47. The molecule has 0 unspecified atom stereocenters. The van der Waals surface area contributed by atoms with Crippen LogP contribution in [-0.4, -0.2) is 37.6 Å². The van der Waals surface area contributed by atoms with E-state index in [1.54, 1.807) is 31.3 Å². The first-order valence-electron chi connectivity index (χ1n) is 9.00. The number of benzene rings is 2. The molecule has 1 saturated carbocycles. The Labute approximate surface area is 167 Å². The van der Waals surface area contributed by atoms with Crippen molar-refractivity contribution in [3.05, 3.63) is 59.9 Å². The van der Waals surface area contributed by atoms with Crippen LogP contribution in [0.4, 0.5) is 5.69 Å². The molecule has 0 aliphatic heterocycles. The summed E-state index contributed by atoms with van der Waals surface area (Å²) in [4.78, 5) is 24.5. The number of anilines is 1. The topological polar surface area (TPSA) is 123 Å². The largest absolute Gasteiger partial charge is 0.449 e. The van der Waals surface area contributed by atoms with E-state index in [1.165, 1.54) is 28.6 Å². The van der Waals surface area contributed by atoms with Gasteiger partial charge in [0.2, 0.25) is 15.8 Å². The van der Waals surface area contributed by atoms with Crippen LogP contribution in [0.2, 0.25) is 0 Å². The number of para-hydroxylation sites is 1. The van der Waals surface area contributed by atoms with Crippen molar-refractivity contribution in [2.45, 2.75) is 23.8 Å². The number of nitrogens with two attached hydrogens (primary N) is 1. The smallest absolute Gasteiger partial charge is 0.286 e. The van der Waals surface area contributed by atoms with E-state index >= 15 is 0 Å². The van der Waals surface area contributed by atoms with Crippen molar-refractivity contribution < 1.29 is 22.4 Å². The van der Waals surface area contributed by atoms with Crippen LogP contribution in [-0.2, 0) is 10.0 Å². The van der Waals surface area contributed by atoms with Crippen LogP contribution >= 0.6 is 0 Å². The molecule has 3 aromatic rings. The Hall–Kier alpha value is -3.17. The average molecular weight is 413 g/mol. The van der Waals surface area contributed by atoms with E-state index in [-0.39, 0.29) is 27.9 Å². The van der Waals surface area contributed by atoms with Crippen LogP contribution in [0.1, 0.15) is 33.8 Å². The molecule has 0 radical (unpaired) electrons. The maximum atomic E-state index is 12.7. The Morgan fingerprint density at radius 2 is 1.76 bits per heavy atom. The molecule has 29 heavy (non-hydrogen) atoms. The van der Waals surface area contributed by atoms with Gasteiger partial charge in [0, 0.05) is 24.0 Å². The highest BCUT2D eigenvalue weighted by molar-refractivity contribution is 7.89. The zero-order valence-corrected chi connectivity index (χ0v) is 16.4. The Kier molecular flexibility index (Phi) is 4.64. The average Bonchev–Trinajstić information content (AvgIpc) is 3.49. The zero-order chi connectivity index (χ0) is 20.8. The molecule has 150 valence electrons. The number of nitrogens with one attached hydrogen (secondary N) is 1. The van der Waals surface area contributed by atoms with Crippen molar-refractivity contribution in [1.29, 1.82) is 0 Å². The number of hydrogen-bond acceptors (Lipinski definition) is 5. The Bertz CT molecular complexity index is 1210. The molecule has 0 spiro atoms. The lowest BCUT2D eigenvalue weighted by atomic mass is 10.2. The van der Waals surface area contributed by atoms with Gasteiger partial charge >= 0.3 is 0 Å². The van der Waals surface area contributed by atoms with E-state index in [9.17, 15) is 18.0 Å². The number of nitrogens with zero attached hydrogens (tertiary/aromatic N) is 1. The van der Waals surface area contributed by atoms with E-state index < -0.39 is 21.8 Å². The molecule has 8 nitrogen and oxygen atoms in total. The molecule has 1 heterocycles. The number of primary amides is 1. The van der Waals surface area contributed by atoms with Crippen LogP contribution < -0.4 is 11.1 Å². The normalized spacial score (nSPS) is 14.3. The third kappa shape index (κ3) is 3.50.